The Morgan fingerprint density at radius 3 is 2.25 bits per heavy atom. The average molecular weight is 172 g/mol. The predicted molar refractivity (Wildman–Crippen MR) is 48.4 cm³/mol. The Bertz CT molecular complexity index is 139. The van der Waals surface area contributed by atoms with E-state index in [1.807, 2.05) is 19.9 Å². The first-order valence-electron chi connectivity index (χ1n) is 3.69. The normalized spacial score (nSPS) is 8.25. The molecule has 0 amide bonds. The van der Waals surface area contributed by atoms with Crippen molar-refractivity contribution in [2.45, 2.75) is 20.8 Å². The maximum atomic E-state index is 9.75. The molecule has 0 aromatic heterocycles. The molecule has 0 saturated heterocycles. The summed E-state index contributed by atoms with van der Waals surface area (Å²) in [6.07, 6.45) is 4.64. The monoisotopic (exact) mass is 172 g/mol. The second kappa shape index (κ2) is 12.4. The van der Waals surface area contributed by atoms with E-state index in [1.165, 1.54) is 6.92 Å². The Morgan fingerprint density at radius 1 is 1.58 bits per heavy atom. The third-order valence-corrected chi connectivity index (χ3v) is 0.648. The lowest BCUT2D eigenvalue weighted by Crippen LogP contribution is -1.87. The summed E-state index contributed by atoms with van der Waals surface area (Å²) in [6, 6.07) is 0. The van der Waals surface area contributed by atoms with E-state index < -0.39 is 0 Å². The number of esters is 1. The summed E-state index contributed by atoms with van der Waals surface area (Å²) in [5.41, 5.74) is 0. The molecule has 3 nitrogen and oxygen atoms in total. The molecule has 0 spiro atoms. The van der Waals surface area contributed by atoms with Crippen molar-refractivity contribution in [3.63, 3.8) is 0 Å². The van der Waals surface area contributed by atoms with Crippen LogP contribution in [-0.2, 0) is 14.3 Å². The number of hydrogen-bond acceptors (Lipinski definition) is 3. The van der Waals surface area contributed by atoms with Gasteiger partial charge in [0.05, 0.1) is 19.1 Å². The van der Waals surface area contributed by atoms with Crippen LogP contribution in [0.3, 0.4) is 0 Å². The van der Waals surface area contributed by atoms with Crippen LogP contribution in [0.5, 0.6) is 0 Å². The molecule has 3 heteroatoms. The maximum Gasteiger partial charge on any atom is 0.307 e. The van der Waals surface area contributed by atoms with E-state index in [9.17, 15) is 4.79 Å². The molecule has 0 aliphatic heterocycles. The minimum atomic E-state index is -0.329. The standard InChI is InChI=1S/C5H10O.C4H6O2/c1-3-5-6-4-2;1-3-6-4(2)5/h3,5H,4H2,1-2H3;3H,1H2,2H3. The van der Waals surface area contributed by atoms with Gasteiger partial charge in [-0.25, -0.2) is 0 Å². The summed E-state index contributed by atoms with van der Waals surface area (Å²) in [5.74, 6) is -0.329. The Hall–Kier alpha value is -1.25. The van der Waals surface area contributed by atoms with Crippen molar-refractivity contribution in [2.75, 3.05) is 6.61 Å². The molecule has 0 fully saturated rings. The molecule has 0 aromatic carbocycles. The molecular weight excluding hydrogens is 156 g/mol. The van der Waals surface area contributed by atoms with Gasteiger partial charge in [0, 0.05) is 6.92 Å². The zero-order valence-electron chi connectivity index (χ0n) is 7.87. The van der Waals surface area contributed by atoms with E-state index in [1.54, 1.807) is 6.26 Å². The van der Waals surface area contributed by atoms with Crippen molar-refractivity contribution in [2.24, 2.45) is 0 Å². The number of rotatable bonds is 3. The molecule has 0 aliphatic carbocycles. The molecule has 0 N–H and O–H groups in total. The van der Waals surface area contributed by atoms with Gasteiger partial charge >= 0.3 is 5.97 Å². The summed E-state index contributed by atoms with van der Waals surface area (Å²) >= 11 is 0. The van der Waals surface area contributed by atoms with Gasteiger partial charge in [-0.2, -0.15) is 0 Å². The largest absolute Gasteiger partial charge is 0.502 e. The Balaban J connectivity index is 0. The van der Waals surface area contributed by atoms with Crippen LogP contribution >= 0.6 is 0 Å². The number of ether oxygens (including phenoxy) is 2. The highest BCUT2D eigenvalue weighted by Crippen LogP contribution is 1.71. The highest BCUT2D eigenvalue weighted by atomic mass is 16.5. The molecule has 12 heavy (non-hydrogen) atoms. The third-order valence-electron chi connectivity index (χ3n) is 0.648. The number of carbonyl (C=O) groups is 1. The summed E-state index contributed by atoms with van der Waals surface area (Å²) < 4.78 is 8.97. The van der Waals surface area contributed by atoms with Gasteiger partial charge in [0.1, 0.15) is 0 Å². The van der Waals surface area contributed by atoms with Gasteiger partial charge in [0.2, 0.25) is 0 Å². The summed E-state index contributed by atoms with van der Waals surface area (Å²) in [4.78, 5) is 9.75. The minimum Gasteiger partial charge on any atom is -0.502 e. The molecule has 0 unspecified atom stereocenters. The quantitative estimate of drug-likeness (QED) is 0.484. The van der Waals surface area contributed by atoms with E-state index in [0.29, 0.717) is 0 Å². The molecular formula is C9H16O3. The smallest absolute Gasteiger partial charge is 0.307 e. The lowest BCUT2D eigenvalue weighted by atomic mass is 10.7. The lowest BCUT2D eigenvalue weighted by molar-refractivity contribution is -0.135. The van der Waals surface area contributed by atoms with Gasteiger partial charge in [0.25, 0.3) is 0 Å². The highest BCUT2D eigenvalue weighted by Gasteiger charge is 1.79. The Labute approximate surface area is 73.7 Å². The highest BCUT2D eigenvalue weighted by molar-refractivity contribution is 5.66. The van der Waals surface area contributed by atoms with E-state index >= 15 is 0 Å². The topological polar surface area (TPSA) is 35.5 Å². The van der Waals surface area contributed by atoms with Gasteiger partial charge in [-0.1, -0.05) is 12.7 Å². The van der Waals surface area contributed by atoms with Gasteiger partial charge < -0.3 is 9.47 Å². The third kappa shape index (κ3) is 23.3. The van der Waals surface area contributed by atoms with Gasteiger partial charge in [-0.3, -0.25) is 4.79 Å². The molecule has 0 radical (unpaired) electrons. The van der Waals surface area contributed by atoms with Crippen LogP contribution in [0, 0.1) is 0 Å². The van der Waals surface area contributed by atoms with E-state index in [-0.39, 0.29) is 5.97 Å². The Kier molecular flexibility index (Phi) is 13.8. The second-order valence-electron chi connectivity index (χ2n) is 1.70. The van der Waals surface area contributed by atoms with Crippen molar-refractivity contribution in [3.05, 3.63) is 25.2 Å². The van der Waals surface area contributed by atoms with Crippen LogP contribution in [0.1, 0.15) is 20.8 Å². The average Bonchev–Trinajstić information content (AvgIpc) is 2.02. The van der Waals surface area contributed by atoms with Crippen molar-refractivity contribution in [1.29, 1.82) is 0 Å². The molecule has 0 saturated carbocycles. The van der Waals surface area contributed by atoms with Crippen LogP contribution < -0.4 is 0 Å². The summed E-state index contributed by atoms with van der Waals surface area (Å²) in [6.45, 7) is 9.13. The van der Waals surface area contributed by atoms with Gasteiger partial charge in [-0.05, 0) is 13.8 Å². The van der Waals surface area contributed by atoms with Crippen LogP contribution in [-0.4, -0.2) is 12.6 Å². The molecule has 0 bridgehead atoms. The van der Waals surface area contributed by atoms with Crippen LogP contribution in [0.4, 0.5) is 0 Å². The van der Waals surface area contributed by atoms with Crippen LogP contribution in [0.15, 0.2) is 25.2 Å². The maximum absolute atomic E-state index is 9.75. The first kappa shape index (κ1) is 13.3. The molecule has 0 aliphatic rings. The van der Waals surface area contributed by atoms with Crippen molar-refractivity contribution in [3.8, 4) is 0 Å². The first-order chi connectivity index (χ1) is 5.68. The number of allylic oxidation sites excluding steroid dienone is 1. The van der Waals surface area contributed by atoms with E-state index in [0.717, 1.165) is 12.9 Å². The van der Waals surface area contributed by atoms with E-state index in [4.69, 9.17) is 4.74 Å². The zero-order valence-corrected chi connectivity index (χ0v) is 7.87. The fourth-order valence-electron chi connectivity index (χ4n) is 0.310. The molecule has 0 heterocycles. The lowest BCUT2D eigenvalue weighted by Gasteiger charge is -1.86. The van der Waals surface area contributed by atoms with Crippen LogP contribution in [0.2, 0.25) is 0 Å². The van der Waals surface area contributed by atoms with Gasteiger partial charge in [-0.15, -0.1) is 0 Å². The first-order valence-corrected chi connectivity index (χ1v) is 3.69. The Morgan fingerprint density at radius 2 is 2.17 bits per heavy atom. The predicted octanol–water partition coefficient (Wildman–Crippen LogP) is 2.25. The summed E-state index contributed by atoms with van der Waals surface area (Å²) in [5, 5.41) is 0. The fourth-order valence-corrected chi connectivity index (χ4v) is 0.310. The van der Waals surface area contributed by atoms with Crippen molar-refractivity contribution < 1.29 is 14.3 Å². The SMILES string of the molecule is C=COC(C)=O.CC=COCC. The van der Waals surface area contributed by atoms with Gasteiger partial charge in [0.15, 0.2) is 0 Å². The minimum absolute atomic E-state index is 0.329. The van der Waals surface area contributed by atoms with Crippen molar-refractivity contribution in [1.82, 2.24) is 0 Å². The van der Waals surface area contributed by atoms with Crippen molar-refractivity contribution >= 4 is 5.97 Å². The second-order valence-corrected chi connectivity index (χ2v) is 1.70. The number of carbonyl (C=O) groups excluding carboxylic acids is 1. The molecule has 0 rings (SSSR count). The zero-order chi connectivity index (χ0) is 9.82. The number of hydrogen-bond donors (Lipinski definition) is 0. The fraction of sp³-hybridized carbons (Fsp3) is 0.444. The van der Waals surface area contributed by atoms with Crippen LogP contribution in [0.25, 0.3) is 0 Å². The molecule has 0 atom stereocenters. The van der Waals surface area contributed by atoms with E-state index in [2.05, 4.69) is 11.3 Å². The molecule has 0 aromatic rings. The molecule has 70 valence electrons. The summed E-state index contributed by atoms with van der Waals surface area (Å²) in [7, 11) is 0.